The number of aliphatic hydroxyl groups is 1. The van der Waals surface area contributed by atoms with Crippen LogP contribution >= 0.6 is 0 Å². The Balaban J connectivity index is 2.66. The van der Waals surface area contributed by atoms with E-state index in [1.807, 2.05) is 37.3 Å². The van der Waals surface area contributed by atoms with E-state index in [0.29, 0.717) is 6.42 Å². The molecule has 0 fully saturated rings. The number of nitrogens with two attached hydrogens (primary N) is 1. The van der Waals surface area contributed by atoms with Crippen molar-refractivity contribution in [1.29, 1.82) is 0 Å². The number of benzene rings is 1. The molecule has 20 heavy (non-hydrogen) atoms. The molecule has 0 saturated heterocycles. The van der Waals surface area contributed by atoms with Crippen molar-refractivity contribution in [3.05, 3.63) is 35.9 Å². The fourth-order valence-corrected chi connectivity index (χ4v) is 2.12. The molecule has 5 heteroatoms. The molecule has 0 aliphatic rings. The van der Waals surface area contributed by atoms with Crippen LogP contribution in [0.4, 0.5) is 0 Å². The Morgan fingerprint density at radius 3 is 2.40 bits per heavy atom. The first-order chi connectivity index (χ1) is 9.40. The summed E-state index contributed by atoms with van der Waals surface area (Å²) in [4.78, 5) is 10.9. The fraction of sp³-hybridized carbons (Fsp3) is 0.533. The predicted octanol–water partition coefficient (Wildman–Crippen LogP) is 1.28. The maximum absolute atomic E-state index is 10.9. The maximum Gasteiger partial charge on any atom is 0.304 e. The normalized spacial score (nSPS) is 17.2. The second-order valence-corrected chi connectivity index (χ2v) is 5.26. The van der Waals surface area contributed by atoms with Crippen LogP contribution in [-0.2, 0) is 4.79 Å². The van der Waals surface area contributed by atoms with Crippen LogP contribution < -0.4 is 11.1 Å². The molecule has 0 amide bonds. The van der Waals surface area contributed by atoms with Crippen molar-refractivity contribution in [2.24, 2.45) is 5.73 Å². The van der Waals surface area contributed by atoms with Gasteiger partial charge in [-0.2, -0.15) is 0 Å². The number of nitrogens with one attached hydrogen (secondary N) is 1. The molecule has 0 saturated carbocycles. The van der Waals surface area contributed by atoms with Crippen LogP contribution in [0.15, 0.2) is 30.3 Å². The van der Waals surface area contributed by atoms with Crippen LogP contribution in [0, 0.1) is 0 Å². The Labute approximate surface area is 119 Å². The number of carboxylic acid groups (broad SMARTS) is 1. The van der Waals surface area contributed by atoms with Crippen LogP contribution in [0.1, 0.15) is 38.3 Å². The van der Waals surface area contributed by atoms with E-state index in [1.54, 1.807) is 6.92 Å². The standard InChI is InChI=1S/C15H24N2O3/c1-10(16)14(18)8-13(9-15(19)20)17-11(2)12-6-4-3-5-7-12/h3-7,10-11,13-14,17-18H,8-9,16H2,1-2H3,(H,19,20)/t10-,11-,13-,14-/m1/s1. The van der Waals surface area contributed by atoms with Crippen LogP contribution in [0.5, 0.6) is 0 Å². The molecule has 4 atom stereocenters. The number of rotatable bonds is 8. The lowest BCUT2D eigenvalue weighted by Crippen LogP contribution is -2.41. The van der Waals surface area contributed by atoms with E-state index in [9.17, 15) is 9.90 Å². The molecule has 0 aromatic heterocycles. The minimum atomic E-state index is -0.889. The third-order valence-corrected chi connectivity index (χ3v) is 3.34. The van der Waals surface area contributed by atoms with Crippen LogP contribution in [0.3, 0.4) is 0 Å². The highest BCUT2D eigenvalue weighted by atomic mass is 16.4. The summed E-state index contributed by atoms with van der Waals surface area (Å²) in [5.74, 6) is -0.889. The molecule has 0 heterocycles. The largest absolute Gasteiger partial charge is 0.481 e. The number of aliphatic hydroxyl groups excluding tert-OH is 1. The minimum Gasteiger partial charge on any atom is -0.481 e. The number of aliphatic carboxylic acids is 1. The number of carboxylic acids is 1. The average Bonchev–Trinajstić information content (AvgIpc) is 2.38. The van der Waals surface area contributed by atoms with E-state index in [-0.39, 0.29) is 24.5 Å². The van der Waals surface area contributed by atoms with Gasteiger partial charge in [0.2, 0.25) is 0 Å². The Bertz CT molecular complexity index is 409. The molecule has 0 aliphatic carbocycles. The molecule has 112 valence electrons. The van der Waals surface area contributed by atoms with Crippen molar-refractivity contribution >= 4 is 5.97 Å². The highest BCUT2D eigenvalue weighted by molar-refractivity contribution is 5.67. The summed E-state index contributed by atoms with van der Waals surface area (Å²) in [7, 11) is 0. The molecule has 0 radical (unpaired) electrons. The summed E-state index contributed by atoms with van der Waals surface area (Å²) in [6.07, 6.45) is -0.433. The Morgan fingerprint density at radius 2 is 1.90 bits per heavy atom. The van der Waals surface area contributed by atoms with E-state index in [0.717, 1.165) is 5.56 Å². The van der Waals surface area contributed by atoms with Gasteiger partial charge in [0.05, 0.1) is 12.5 Å². The summed E-state index contributed by atoms with van der Waals surface area (Å²) in [6, 6.07) is 9.11. The molecule has 0 unspecified atom stereocenters. The zero-order valence-electron chi connectivity index (χ0n) is 12.0. The van der Waals surface area contributed by atoms with Gasteiger partial charge in [-0.25, -0.2) is 0 Å². The van der Waals surface area contributed by atoms with Gasteiger partial charge in [0.1, 0.15) is 0 Å². The zero-order chi connectivity index (χ0) is 15.1. The topological polar surface area (TPSA) is 95.6 Å². The summed E-state index contributed by atoms with van der Waals surface area (Å²) in [5.41, 5.74) is 6.71. The van der Waals surface area contributed by atoms with Crippen molar-refractivity contribution in [3.8, 4) is 0 Å². The lowest BCUT2D eigenvalue weighted by Gasteiger charge is -2.26. The first-order valence-corrected chi connectivity index (χ1v) is 6.86. The molecular formula is C15H24N2O3. The third kappa shape index (κ3) is 5.69. The van der Waals surface area contributed by atoms with Crippen molar-refractivity contribution in [3.63, 3.8) is 0 Å². The first kappa shape index (κ1) is 16.6. The summed E-state index contributed by atoms with van der Waals surface area (Å²) >= 11 is 0. The molecule has 0 bridgehead atoms. The lowest BCUT2D eigenvalue weighted by atomic mass is 9.99. The molecule has 0 spiro atoms. The van der Waals surface area contributed by atoms with Crippen molar-refractivity contribution in [2.75, 3.05) is 0 Å². The van der Waals surface area contributed by atoms with Gasteiger partial charge in [-0.15, -0.1) is 0 Å². The predicted molar refractivity (Wildman–Crippen MR) is 78.3 cm³/mol. The van der Waals surface area contributed by atoms with E-state index >= 15 is 0 Å². The third-order valence-electron chi connectivity index (χ3n) is 3.34. The summed E-state index contributed by atoms with van der Waals surface area (Å²) in [5, 5.41) is 22.1. The molecule has 1 aromatic carbocycles. The van der Waals surface area contributed by atoms with Crippen molar-refractivity contribution < 1.29 is 15.0 Å². The van der Waals surface area contributed by atoms with Gasteiger partial charge in [-0.3, -0.25) is 4.79 Å². The lowest BCUT2D eigenvalue weighted by molar-refractivity contribution is -0.137. The Hall–Kier alpha value is -1.43. The highest BCUT2D eigenvalue weighted by Crippen LogP contribution is 2.15. The zero-order valence-corrected chi connectivity index (χ0v) is 12.0. The molecule has 5 nitrogen and oxygen atoms in total. The van der Waals surface area contributed by atoms with Crippen LogP contribution in [0.2, 0.25) is 0 Å². The van der Waals surface area contributed by atoms with Crippen LogP contribution in [-0.4, -0.2) is 34.4 Å². The number of hydrogen-bond donors (Lipinski definition) is 4. The smallest absolute Gasteiger partial charge is 0.304 e. The second kappa shape index (κ2) is 7.99. The van der Waals surface area contributed by atoms with Gasteiger partial charge in [0.25, 0.3) is 0 Å². The molecule has 1 rings (SSSR count). The van der Waals surface area contributed by atoms with Crippen molar-refractivity contribution in [1.82, 2.24) is 5.32 Å². The Morgan fingerprint density at radius 1 is 1.30 bits per heavy atom. The summed E-state index contributed by atoms with van der Waals surface area (Å²) < 4.78 is 0. The second-order valence-electron chi connectivity index (χ2n) is 5.26. The van der Waals surface area contributed by atoms with E-state index in [1.165, 1.54) is 0 Å². The minimum absolute atomic E-state index is 0.0147. The summed E-state index contributed by atoms with van der Waals surface area (Å²) in [6.45, 7) is 3.69. The van der Waals surface area contributed by atoms with E-state index < -0.39 is 12.1 Å². The number of hydrogen-bond acceptors (Lipinski definition) is 4. The molecule has 1 aromatic rings. The monoisotopic (exact) mass is 280 g/mol. The Kier molecular flexibility index (Phi) is 6.64. The van der Waals surface area contributed by atoms with Gasteiger partial charge in [-0.05, 0) is 25.8 Å². The van der Waals surface area contributed by atoms with E-state index in [4.69, 9.17) is 10.8 Å². The fourth-order valence-electron chi connectivity index (χ4n) is 2.12. The quantitative estimate of drug-likeness (QED) is 0.575. The van der Waals surface area contributed by atoms with Crippen LogP contribution in [0.25, 0.3) is 0 Å². The molecule has 0 aliphatic heterocycles. The SMILES string of the molecule is C[C@@H](N[C@@H](CC(=O)O)C[C@@H](O)[C@@H](C)N)c1ccccc1. The first-order valence-electron chi connectivity index (χ1n) is 6.86. The highest BCUT2D eigenvalue weighted by Gasteiger charge is 2.21. The molecular weight excluding hydrogens is 256 g/mol. The van der Waals surface area contributed by atoms with Gasteiger partial charge >= 0.3 is 5.97 Å². The maximum atomic E-state index is 10.9. The molecule has 5 N–H and O–H groups in total. The van der Waals surface area contributed by atoms with Gasteiger partial charge in [0.15, 0.2) is 0 Å². The van der Waals surface area contributed by atoms with Gasteiger partial charge < -0.3 is 21.3 Å². The van der Waals surface area contributed by atoms with Crippen molar-refractivity contribution in [2.45, 2.75) is 50.9 Å². The number of carbonyl (C=O) groups is 1. The van der Waals surface area contributed by atoms with E-state index in [2.05, 4.69) is 5.32 Å². The van der Waals surface area contributed by atoms with Gasteiger partial charge in [-0.1, -0.05) is 30.3 Å². The van der Waals surface area contributed by atoms with Gasteiger partial charge in [0, 0.05) is 18.1 Å². The average molecular weight is 280 g/mol.